The lowest BCUT2D eigenvalue weighted by Gasteiger charge is -2.32. The van der Waals surface area contributed by atoms with Crippen molar-refractivity contribution in [3.63, 3.8) is 0 Å². The number of nitrogens with zero attached hydrogens (tertiary/aromatic N) is 2. The Bertz CT molecular complexity index is 444. The predicted molar refractivity (Wildman–Crippen MR) is 73.4 cm³/mol. The van der Waals surface area contributed by atoms with Crippen LogP contribution in [0.4, 0.5) is 0 Å². The van der Waals surface area contributed by atoms with Crippen LogP contribution in [0.3, 0.4) is 0 Å². The molecule has 2 rings (SSSR count). The summed E-state index contributed by atoms with van der Waals surface area (Å²) in [4.78, 5) is 2.28. The molecule has 1 aliphatic heterocycles. The summed E-state index contributed by atoms with van der Waals surface area (Å²) >= 11 is 0. The highest BCUT2D eigenvalue weighted by Crippen LogP contribution is 2.27. The van der Waals surface area contributed by atoms with E-state index in [1.807, 2.05) is 0 Å². The van der Waals surface area contributed by atoms with Gasteiger partial charge >= 0.3 is 0 Å². The smallest absolute Gasteiger partial charge is 0.124 e. The van der Waals surface area contributed by atoms with E-state index in [-0.39, 0.29) is 6.04 Å². The molecule has 96 valence electrons. The average Bonchev–Trinajstić information content (AvgIpc) is 2.34. The maximum absolute atomic E-state index is 9.54. The van der Waals surface area contributed by atoms with Crippen molar-refractivity contribution in [2.75, 3.05) is 26.2 Å². The van der Waals surface area contributed by atoms with E-state index in [0.717, 1.165) is 26.2 Å². The Kier molecular flexibility index (Phi) is 4.00. The molecule has 1 saturated heterocycles. The Balaban J connectivity index is 2.36. The maximum atomic E-state index is 9.54. The second-order valence-corrected chi connectivity index (χ2v) is 5.13. The molecule has 1 fully saturated rings. The number of nitrogens with one attached hydrogen (secondary N) is 1. The van der Waals surface area contributed by atoms with E-state index in [0.29, 0.717) is 0 Å². The third-order valence-corrected chi connectivity index (χ3v) is 3.65. The quantitative estimate of drug-likeness (QED) is 0.864. The Morgan fingerprint density at radius 3 is 2.22 bits per heavy atom. The van der Waals surface area contributed by atoms with Crippen LogP contribution < -0.4 is 5.32 Å². The fourth-order valence-corrected chi connectivity index (χ4v) is 2.89. The third kappa shape index (κ3) is 2.55. The van der Waals surface area contributed by atoms with Gasteiger partial charge < -0.3 is 5.32 Å². The van der Waals surface area contributed by atoms with Gasteiger partial charge in [-0.05, 0) is 37.5 Å². The fourth-order valence-electron chi connectivity index (χ4n) is 2.89. The molecule has 1 aliphatic rings. The predicted octanol–water partition coefficient (Wildman–Crippen LogP) is 2.08. The number of benzene rings is 1. The van der Waals surface area contributed by atoms with E-state index in [9.17, 15) is 5.26 Å². The SMILES string of the molecule is Cc1cc(C)c(C(C#N)N2CCNCC2)c(C)c1. The summed E-state index contributed by atoms with van der Waals surface area (Å²) in [7, 11) is 0. The van der Waals surface area contributed by atoms with Crippen molar-refractivity contribution in [3.8, 4) is 6.07 Å². The Hall–Kier alpha value is -1.37. The molecule has 0 saturated carbocycles. The first-order valence-electron chi connectivity index (χ1n) is 6.55. The fraction of sp³-hybridized carbons (Fsp3) is 0.533. The van der Waals surface area contributed by atoms with Gasteiger partial charge in [-0.2, -0.15) is 5.26 Å². The molecule has 0 bridgehead atoms. The largest absolute Gasteiger partial charge is 0.314 e. The molecule has 1 N–H and O–H groups in total. The first kappa shape index (κ1) is 13.1. The summed E-state index contributed by atoms with van der Waals surface area (Å²) < 4.78 is 0. The van der Waals surface area contributed by atoms with Crippen LogP contribution in [0.15, 0.2) is 12.1 Å². The second-order valence-electron chi connectivity index (χ2n) is 5.13. The van der Waals surface area contributed by atoms with E-state index >= 15 is 0 Å². The molecule has 1 unspecified atom stereocenters. The topological polar surface area (TPSA) is 39.1 Å². The minimum atomic E-state index is -0.104. The molecule has 0 radical (unpaired) electrons. The van der Waals surface area contributed by atoms with Gasteiger partial charge in [0, 0.05) is 26.2 Å². The molecule has 1 atom stereocenters. The molecule has 0 aliphatic carbocycles. The van der Waals surface area contributed by atoms with Gasteiger partial charge in [-0.25, -0.2) is 0 Å². The number of rotatable bonds is 2. The monoisotopic (exact) mass is 243 g/mol. The van der Waals surface area contributed by atoms with Crippen molar-refractivity contribution in [2.45, 2.75) is 26.8 Å². The number of piperazine rings is 1. The van der Waals surface area contributed by atoms with Crippen LogP contribution in [0, 0.1) is 32.1 Å². The summed E-state index contributed by atoms with van der Waals surface area (Å²) in [5.41, 5.74) is 4.94. The van der Waals surface area contributed by atoms with Crippen LogP contribution in [0.5, 0.6) is 0 Å². The van der Waals surface area contributed by atoms with Crippen LogP contribution in [0.1, 0.15) is 28.3 Å². The van der Waals surface area contributed by atoms with Gasteiger partial charge in [-0.15, -0.1) is 0 Å². The molecule has 0 aromatic heterocycles. The van der Waals surface area contributed by atoms with Crippen LogP contribution >= 0.6 is 0 Å². The van der Waals surface area contributed by atoms with Crippen LogP contribution in [0.2, 0.25) is 0 Å². The van der Waals surface area contributed by atoms with Crippen molar-refractivity contribution in [1.29, 1.82) is 5.26 Å². The molecular weight excluding hydrogens is 222 g/mol. The highest BCUT2D eigenvalue weighted by molar-refractivity contribution is 5.42. The number of nitriles is 1. The molecule has 1 aromatic carbocycles. The van der Waals surface area contributed by atoms with Gasteiger partial charge in [0.05, 0.1) is 6.07 Å². The third-order valence-electron chi connectivity index (χ3n) is 3.65. The summed E-state index contributed by atoms with van der Waals surface area (Å²) in [5.74, 6) is 0. The van der Waals surface area contributed by atoms with E-state index in [2.05, 4.69) is 49.2 Å². The summed E-state index contributed by atoms with van der Waals surface area (Å²) in [5, 5.41) is 12.9. The molecule has 0 spiro atoms. The van der Waals surface area contributed by atoms with Gasteiger partial charge in [0.15, 0.2) is 0 Å². The van der Waals surface area contributed by atoms with Gasteiger partial charge in [0.25, 0.3) is 0 Å². The Morgan fingerprint density at radius 2 is 1.72 bits per heavy atom. The van der Waals surface area contributed by atoms with Gasteiger partial charge in [0.2, 0.25) is 0 Å². The van der Waals surface area contributed by atoms with Crippen LogP contribution in [0.25, 0.3) is 0 Å². The summed E-state index contributed by atoms with van der Waals surface area (Å²) in [6.45, 7) is 10.2. The van der Waals surface area contributed by atoms with Gasteiger partial charge in [-0.3, -0.25) is 4.90 Å². The Morgan fingerprint density at radius 1 is 1.17 bits per heavy atom. The van der Waals surface area contributed by atoms with Gasteiger partial charge in [-0.1, -0.05) is 17.7 Å². The minimum Gasteiger partial charge on any atom is -0.314 e. The first-order chi connectivity index (χ1) is 8.63. The average molecular weight is 243 g/mol. The molecular formula is C15H21N3. The zero-order chi connectivity index (χ0) is 13.1. The van der Waals surface area contributed by atoms with Crippen molar-refractivity contribution in [2.24, 2.45) is 0 Å². The minimum absolute atomic E-state index is 0.104. The highest BCUT2D eigenvalue weighted by Gasteiger charge is 2.24. The lowest BCUT2D eigenvalue weighted by atomic mass is 9.93. The molecule has 3 heteroatoms. The van der Waals surface area contributed by atoms with Crippen LogP contribution in [-0.4, -0.2) is 31.1 Å². The summed E-state index contributed by atoms with van der Waals surface area (Å²) in [6, 6.07) is 6.73. The maximum Gasteiger partial charge on any atom is 0.124 e. The van der Waals surface area contributed by atoms with E-state index < -0.39 is 0 Å². The lowest BCUT2D eigenvalue weighted by molar-refractivity contribution is 0.206. The number of hydrogen-bond donors (Lipinski definition) is 1. The first-order valence-corrected chi connectivity index (χ1v) is 6.55. The molecule has 18 heavy (non-hydrogen) atoms. The zero-order valence-electron chi connectivity index (χ0n) is 11.5. The van der Waals surface area contributed by atoms with Crippen molar-refractivity contribution >= 4 is 0 Å². The van der Waals surface area contributed by atoms with Crippen LogP contribution in [-0.2, 0) is 0 Å². The molecule has 1 aromatic rings. The van der Waals surface area contributed by atoms with E-state index in [4.69, 9.17) is 0 Å². The molecule has 3 nitrogen and oxygen atoms in total. The van der Waals surface area contributed by atoms with Crippen molar-refractivity contribution < 1.29 is 0 Å². The standard InChI is InChI=1S/C15H21N3/c1-11-8-12(2)15(13(3)9-11)14(10-16)18-6-4-17-5-7-18/h8-9,14,17H,4-7H2,1-3H3. The number of hydrogen-bond acceptors (Lipinski definition) is 3. The summed E-state index contributed by atoms with van der Waals surface area (Å²) in [6.07, 6.45) is 0. The zero-order valence-corrected chi connectivity index (χ0v) is 11.5. The second kappa shape index (κ2) is 5.51. The Labute approximate surface area is 109 Å². The van der Waals surface area contributed by atoms with E-state index in [1.165, 1.54) is 22.3 Å². The number of aryl methyl sites for hydroxylation is 3. The highest BCUT2D eigenvalue weighted by atomic mass is 15.2. The van der Waals surface area contributed by atoms with Crippen molar-refractivity contribution in [1.82, 2.24) is 10.2 Å². The molecule has 1 heterocycles. The van der Waals surface area contributed by atoms with Crippen molar-refractivity contribution in [3.05, 3.63) is 34.4 Å². The normalized spacial score (nSPS) is 18.3. The molecule has 0 amide bonds. The van der Waals surface area contributed by atoms with E-state index in [1.54, 1.807) is 0 Å². The van der Waals surface area contributed by atoms with Gasteiger partial charge in [0.1, 0.15) is 6.04 Å². The lowest BCUT2D eigenvalue weighted by Crippen LogP contribution is -2.45.